The molecule has 2 aromatic rings. The molecule has 0 saturated carbocycles. The zero-order valence-corrected chi connectivity index (χ0v) is 16.5. The molecule has 0 amide bonds. The van der Waals surface area contributed by atoms with Gasteiger partial charge in [-0.1, -0.05) is 6.07 Å². The number of fused-ring (bicyclic) bond motifs is 3. The Morgan fingerprint density at radius 1 is 1.25 bits per heavy atom. The molecule has 7 nitrogen and oxygen atoms in total. The molecule has 0 fully saturated rings. The summed E-state index contributed by atoms with van der Waals surface area (Å²) in [5.41, 5.74) is 14.2. The van der Waals surface area contributed by atoms with Crippen LogP contribution >= 0.6 is 0 Å². The molecule has 0 aliphatic heterocycles. The summed E-state index contributed by atoms with van der Waals surface area (Å²) in [6.07, 6.45) is 2.14. The molecule has 7 heteroatoms. The number of aromatic nitrogens is 1. The van der Waals surface area contributed by atoms with Crippen LogP contribution in [0.4, 0.5) is 0 Å². The molecule has 0 unspecified atom stereocenters. The molecule has 0 spiro atoms. The molecular formula is C21H26N2O5. The number of nitrogens with two attached hydrogens (primary N) is 1. The summed E-state index contributed by atoms with van der Waals surface area (Å²) in [4.78, 5) is 19.1. The van der Waals surface area contributed by atoms with Crippen molar-refractivity contribution in [1.29, 1.82) is 0 Å². The molecule has 1 aromatic heterocycles. The van der Waals surface area contributed by atoms with Crippen LogP contribution in [0.3, 0.4) is 0 Å². The monoisotopic (exact) mass is 386 g/mol. The van der Waals surface area contributed by atoms with E-state index in [1.807, 2.05) is 6.07 Å². The van der Waals surface area contributed by atoms with Gasteiger partial charge in [0.05, 0.1) is 12.8 Å². The molecule has 4 N–H and O–H groups in total. The molecule has 1 aliphatic rings. The molecule has 0 radical (unpaired) electrons. The Morgan fingerprint density at radius 3 is 2.36 bits per heavy atom. The highest BCUT2D eigenvalue weighted by atomic mass is 16.5. The predicted molar refractivity (Wildman–Crippen MR) is 107 cm³/mol. The number of methoxy groups -OCH3 is 1. The van der Waals surface area contributed by atoms with Crippen LogP contribution in [-0.4, -0.2) is 39.9 Å². The lowest BCUT2D eigenvalue weighted by Gasteiger charge is -2.15. The Hall–Kier alpha value is -3.06. The number of hydrogen-bond donors (Lipinski definition) is 3. The fourth-order valence-corrected chi connectivity index (χ4v) is 3.36. The average Bonchev–Trinajstić information content (AvgIpc) is 3.11. The molecule has 3 rings (SSSR count). The molecule has 28 heavy (non-hydrogen) atoms. The fraction of sp³-hybridized carbons (Fsp3) is 0.333. The van der Waals surface area contributed by atoms with E-state index in [2.05, 4.69) is 37.5 Å². The Bertz CT molecular complexity index is 909. The minimum Gasteiger partial charge on any atom is -0.497 e. The first-order chi connectivity index (χ1) is 13.1. The topological polar surface area (TPSA) is 115 Å². The largest absolute Gasteiger partial charge is 0.497 e. The maximum Gasteiger partial charge on any atom is 0.328 e. The van der Waals surface area contributed by atoms with E-state index in [-0.39, 0.29) is 6.04 Å². The van der Waals surface area contributed by atoms with Gasteiger partial charge in [-0.15, -0.1) is 0 Å². The van der Waals surface area contributed by atoms with Crippen LogP contribution in [-0.2, 0) is 22.6 Å². The zero-order valence-electron chi connectivity index (χ0n) is 16.5. The Morgan fingerprint density at radius 2 is 1.86 bits per heavy atom. The van der Waals surface area contributed by atoms with Crippen LogP contribution < -0.4 is 10.5 Å². The zero-order chi connectivity index (χ0) is 21.0. The molecule has 0 saturated heterocycles. The second kappa shape index (κ2) is 8.75. The normalized spacial score (nSPS) is 12.8. The van der Waals surface area contributed by atoms with Gasteiger partial charge in [0, 0.05) is 42.4 Å². The smallest absolute Gasteiger partial charge is 0.328 e. The van der Waals surface area contributed by atoms with Gasteiger partial charge in [0.15, 0.2) is 0 Å². The van der Waals surface area contributed by atoms with E-state index in [1.54, 1.807) is 7.11 Å². The summed E-state index contributed by atoms with van der Waals surface area (Å²) >= 11 is 0. The number of hydrogen-bond acceptors (Lipinski definition) is 4. The van der Waals surface area contributed by atoms with Crippen molar-refractivity contribution in [3.8, 4) is 17.0 Å². The van der Waals surface area contributed by atoms with Crippen molar-refractivity contribution >= 4 is 11.9 Å². The molecule has 150 valence electrons. The molecule has 1 aromatic carbocycles. The van der Waals surface area contributed by atoms with Gasteiger partial charge in [0.2, 0.25) is 0 Å². The van der Waals surface area contributed by atoms with E-state index < -0.39 is 11.9 Å². The Kier molecular flexibility index (Phi) is 6.64. The Labute approximate surface area is 164 Å². The third kappa shape index (κ3) is 4.61. The Balaban J connectivity index is 0.000000300. The van der Waals surface area contributed by atoms with E-state index in [1.165, 1.54) is 33.6 Å². The maximum atomic E-state index is 9.55. The number of carboxylic acids is 2. The number of aliphatic carboxylic acids is 2. The third-order valence-electron chi connectivity index (χ3n) is 4.73. The molecule has 1 aliphatic carbocycles. The summed E-state index contributed by atoms with van der Waals surface area (Å²) in [6.45, 7) is 7.33. The molecule has 1 heterocycles. The first-order valence-electron chi connectivity index (χ1n) is 8.91. The third-order valence-corrected chi connectivity index (χ3v) is 4.73. The fourth-order valence-electron chi connectivity index (χ4n) is 3.36. The number of ether oxygens (including phenoxy) is 1. The van der Waals surface area contributed by atoms with Crippen LogP contribution in [0.15, 0.2) is 30.4 Å². The van der Waals surface area contributed by atoms with Gasteiger partial charge in [0.25, 0.3) is 0 Å². The van der Waals surface area contributed by atoms with Crippen molar-refractivity contribution in [2.45, 2.75) is 39.8 Å². The van der Waals surface area contributed by atoms with Crippen LogP contribution in [0.25, 0.3) is 11.3 Å². The lowest BCUT2D eigenvalue weighted by molar-refractivity contribution is -0.134. The maximum absolute atomic E-state index is 9.55. The van der Waals surface area contributed by atoms with Crippen LogP contribution in [0.5, 0.6) is 5.75 Å². The number of nitrogens with zero attached hydrogens (tertiary/aromatic N) is 1. The lowest BCUT2D eigenvalue weighted by Crippen LogP contribution is -2.23. The van der Waals surface area contributed by atoms with Crippen LogP contribution in [0, 0.1) is 13.8 Å². The van der Waals surface area contributed by atoms with Crippen LogP contribution in [0.1, 0.15) is 29.3 Å². The first kappa shape index (κ1) is 21.2. The van der Waals surface area contributed by atoms with Gasteiger partial charge in [-0.05, 0) is 49.6 Å². The van der Waals surface area contributed by atoms with E-state index in [9.17, 15) is 9.59 Å². The number of carbonyl (C=O) groups is 2. The van der Waals surface area contributed by atoms with Crippen molar-refractivity contribution in [1.82, 2.24) is 4.57 Å². The predicted octanol–water partition coefficient (Wildman–Crippen LogP) is 2.74. The van der Waals surface area contributed by atoms with Gasteiger partial charge in [-0.25, -0.2) is 9.59 Å². The van der Waals surface area contributed by atoms with Crippen molar-refractivity contribution in [2.75, 3.05) is 7.11 Å². The first-order valence-corrected chi connectivity index (χ1v) is 8.91. The van der Waals surface area contributed by atoms with E-state index >= 15 is 0 Å². The number of benzene rings is 1. The lowest BCUT2D eigenvalue weighted by atomic mass is 10.1. The number of carboxylic acid groups (broad SMARTS) is 2. The highest BCUT2D eigenvalue weighted by Gasteiger charge is 2.27. The second-order valence-corrected chi connectivity index (χ2v) is 6.84. The summed E-state index contributed by atoms with van der Waals surface area (Å²) in [6, 6.07) is 6.53. The second-order valence-electron chi connectivity index (χ2n) is 6.84. The van der Waals surface area contributed by atoms with Gasteiger partial charge in [-0.2, -0.15) is 0 Å². The minimum absolute atomic E-state index is 0.152. The average molecular weight is 386 g/mol. The molecule has 0 bridgehead atoms. The van der Waals surface area contributed by atoms with Gasteiger partial charge in [0.1, 0.15) is 5.75 Å². The standard InChI is InChI=1S/C17H22N2O.C4H4O4/c1-10(18)9-19-12(3)11(2)15-7-13-5-6-14(20-4)8-16(13)17(15)19;5-3(6)1-2-4(7)8/h5-6,8,10H,7,9,18H2,1-4H3;1-2H,(H,5,6)(H,7,8)/t10-;/m0./s1. The summed E-state index contributed by atoms with van der Waals surface area (Å²) in [5, 5.41) is 15.6. The van der Waals surface area contributed by atoms with E-state index in [0.29, 0.717) is 12.2 Å². The summed E-state index contributed by atoms with van der Waals surface area (Å²) in [5.74, 6) is -1.60. The van der Waals surface area contributed by atoms with Crippen molar-refractivity contribution < 1.29 is 24.5 Å². The van der Waals surface area contributed by atoms with Crippen molar-refractivity contribution in [3.05, 3.63) is 52.7 Å². The quantitative estimate of drug-likeness (QED) is 0.581. The highest BCUT2D eigenvalue weighted by Crippen LogP contribution is 2.42. The van der Waals surface area contributed by atoms with Gasteiger partial charge >= 0.3 is 11.9 Å². The summed E-state index contributed by atoms with van der Waals surface area (Å²) < 4.78 is 7.75. The SMILES string of the molecule is COc1ccc2c(c1)-c1c(c(C)c(C)n1C[C@H](C)N)C2.O=C(O)C=CC(=O)O. The highest BCUT2D eigenvalue weighted by molar-refractivity contribution is 5.89. The molecule has 1 atom stereocenters. The summed E-state index contributed by atoms with van der Waals surface area (Å²) in [7, 11) is 1.72. The number of rotatable bonds is 5. The van der Waals surface area contributed by atoms with Crippen molar-refractivity contribution in [3.63, 3.8) is 0 Å². The van der Waals surface area contributed by atoms with E-state index in [4.69, 9.17) is 20.7 Å². The van der Waals surface area contributed by atoms with Crippen LogP contribution in [0.2, 0.25) is 0 Å². The van der Waals surface area contributed by atoms with E-state index in [0.717, 1.165) is 18.7 Å². The van der Waals surface area contributed by atoms with Crippen molar-refractivity contribution in [2.24, 2.45) is 5.73 Å². The minimum atomic E-state index is -1.26. The van der Waals surface area contributed by atoms with Gasteiger partial charge in [-0.3, -0.25) is 0 Å². The molecular weight excluding hydrogens is 360 g/mol. The van der Waals surface area contributed by atoms with Gasteiger partial charge < -0.3 is 25.3 Å².